The van der Waals surface area contributed by atoms with E-state index in [1.807, 2.05) is 37.3 Å². The van der Waals surface area contributed by atoms with E-state index in [0.717, 1.165) is 24.0 Å². The van der Waals surface area contributed by atoms with Gasteiger partial charge >= 0.3 is 11.9 Å². The normalized spacial score (nSPS) is 36.2. The number of hydrogen-bond acceptors (Lipinski definition) is 6. The third kappa shape index (κ3) is 2.70. The van der Waals surface area contributed by atoms with E-state index >= 15 is 0 Å². The molecule has 0 saturated carbocycles. The molecule has 1 N–H and O–H groups in total. The van der Waals surface area contributed by atoms with E-state index < -0.39 is 36.0 Å². The first-order chi connectivity index (χ1) is 13.3. The molecule has 0 amide bonds. The SMILES string of the molecule is CC(=O)OC1C2=C(C)CCC2C2(C)OC1(c1ccccc1)CC2OC(=O)CO. The average Bonchev–Trinajstić information content (AvgIpc) is 3.18. The van der Waals surface area contributed by atoms with Gasteiger partial charge in [-0.2, -0.15) is 0 Å². The van der Waals surface area contributed by atoms with E-state index in [9.17, 15) is 14.7 Å². The molecule has 5 unspecified atom stereocenters. The van der Waals surface area contributed by atoms with Crippen LogP contribution >= 0.6 is 0 Å². The second kappa shape index (κ2) is 6.71. The van der Waals surface area contributed by atoms with Crippen molar-refractivity contribution >= 4 is 11.9 Å². The first-order valence-corrected chi connectivity index (χ1v) is 9.74. The zero-order chi connectivity index (χ0) is 20.1. The molecular weight excluding hydrogens is 360 g/mol. The molecular formula is C22H26O6. The molecule has 0 aromatic heterocycles. The van der Waals surface area contributed by atoms with Gasteiger partial charge in [0.25, 0.3) is 0 Å². The highest BCUT2D eigenvalue weighted by Gasteiger charge is 2.69. The van der Waals surface area contributed by atoms with Crippen molar-refractivity contribution in [1.82, 2.24) is 0 Å². The molecule has 2 fully saturated rings. The minimum Gasteiger partial charge on any atom is -0.457 e. The van der Waals surface area contributed by atoms with Gasteiger partial charge < -0.3 is 19.3 Å². The summed E-state index contributed by atoms with van der Waals surface area (Å²) in [6, 6.07) is 9.68. The Morgan fingerprint density at radius 1 is 1.25 bits per heavy atom. The van der Waals surface area contributed by atoms with Crippen molar-refractivity contribution in [2.45, 2.75) is 63.4 Å². The van der Waals surface area contributed by atoms with Crippen molar-refractivity contribution < 1.29 is 28.9 Å². The number of esters is 2. The van der Waals surface area contributed by atoms with Crippen LogP contribution in [-0.4, -0.2) is 41.5 Å². The van der Waals surface area contributed by atoms with Gasteiger partial charge in [-0.25, -0.2) is 4.79 Å². The van der Waals surface area contributed by atoms with Crippen LogP contribution in [0.5, 0.6) is 0 Å². The summed E-state index contributed by atoms with van der Waals surface area (Å²) in [5.41, 5.74) is 1.51. The summed E-state index contributed by atoms with van der Waals surface area (Å²) in [7, 11) is 0. The number of carbonyl (C=O) groups is 2. The highest BCUT2D eigenvalue weighted by atomic mass is 16.6. The minimum atomic E-state index is -0.931. The summed E-state index contributed by atoms with van der Waals surface area (Å²) in [6.45, 7) is 4.78. The van der Waals surface area contributed by atoms with Crippen LogP contribution in [0.3, 0.4) is 0 Å². The van der Waals surface area contributed by atoms with Gasteiger partial charge in [0.05, 0.1) is 0 Å². The highest BCUT2D eigenvalue weighted by Crippen LogP contribution is 2.62. The van der Waals surface area contributed by atoms with Gasteiger partial charge in [-0.05, 0) is 37.8 Å². The summed E-state index contributed by atoms with van der Waals surface area (Å²) in [4.78, 5) is 24.0. The molecule has 6 heteroatoms. The van der Waals surface area contributed by atoms with Gasteiger partial charge in [-0.15, -0.1) is 0 Å². The lowest BCUT2D eigenvalue weighted by Crippen LogP contribution is -2.55. The molecule has 150 valence electrons. The van der Waals surface area contributed by atoms with Crippen LogP contribution in [-0.2, 0) is 29.4 Å². The second-order valence-electron chi connectivity index (χ2n) is 8.20. The van der Waals surface area contributed by atoms with Gasteiger partial charge in [0.15, 0.2) is 6.10 Å². The largest absolute Gasteiger partial charge is 0.457 e. The number of carbonyl (C=O) groups excluding carboxylic acids is 2. The standard InChI is InChI=1S/C22H26O6/c1-13-9-10-16-19(13)20(26-14(2)24)22(15-7-5-4-6-8-15)11-17(21(16,3)28-22)27-18(25)12-23/h4-8,16-17,20,23H,9-12H2,1-3H3. The van der Waals surface area contributed by atoms with Gasteiger partial charge in [0.1, 0.15) is 23.9 Å². The Morgan fingerprint density at radius 3 is 2.61 bits per heavy atom. The molecule has 2 bridgehead atoms. The summed E-state index contributed by atoms with van der Waals surface area (Å²) < 4.78 is 18.2. The van der Waals surface area contributed by atoms with Gasteiger partial charge in [0.2, 0.25) is 0 Å². The number of fused-ring (bicyclic) bond motifs is 4. The van der Waals surface area contributed by atoms with Crippen LogP contribution in [0.25, 0.3) is 0 Å². The van der Waals surface area contributed by atoms with Crippen molar-refractivity contribution in [3.05, 3.63) is 47.0 Å². The fraction of sp³-hybridized carbons (Fsp3) is 0.545. The molecule has 2 saturated heterocycles. The molecule has 6 nitrogen and oxygen atoms in total. The predicted molar refractivity (Wildman–Crippen MR) is 100 cm³/mol. The Hall–Kier alpha value is -2.18. The quantitative estimate of drug-likeness (QED) is 0.633. The van der Waals surface area contributed by atoms with Crippen molar-refractivity contribution in [3.8, 4) is 0 Å². The van der Waals surface area contributed by atoms with E-state index in [0.29, 0.717) is 6.42 Å². The van der Waals surface area contributed by atoms with Crippen LogP contribution in [0.2, 0.25) is 0 Å². The summed E-state index contributed by atoms with van der Waals surface area (Å²) in [5.74, 6) is -1.04. The lowest BCUT2D eigenvalue weighted by Gasteiger charge is -2.48. The lowest BCUT2D eigenvalue weighted by molar-refractivity contribution is -0.216. The van der Waals surface area contributed by atoms with E-state index in [1.54, 1.807) is 0 Å². The maximum absolute atomic E-state index is 12.0. The molecule has 4 rings (SSSR count). The fourth-order valence-corrected chi connectivity index (χ4v) is 5.37. The molecule has 2 aliphatic heterocycles. The predicted octanol–water partition coefficient (Wildman–Crippen LogP) is 2.64. The smallest absolute Gasteiger partial charge is 0.332 e. The van der Waals surface area contributed by atoms with Crippen LogP contribution in [0.15, 0.2) is 41.5 Å². The monoisotopic (exact) mass is 386 g/mol. The van der Waals surface area contributed by atoms with E-state index in [1.165, 1.54) is 12.5 Å². The van der Waals surface area contributed by atoms with Crippen molar-refractivity contribution in [3.63, 3.8) is 0 Å². The van der Waals surface area contributed by atoms with E-state index in [2.05, 4.69) is 6.92 Å². The Bertz CT molecular complexity index is 831. The topological polar surface area (TPSA) is 82.1 Å². The van der Waals surface area contributed by atoms with Crippen molar-refractivity contribution in [2.75, 3.05) is 6.61 Å². The first kappa shape index (κ1) is 19.2. The minimum absolute atomic E-state index is 0.00678. The lowest BCUT2D eigenvalue weighted by atomic mass is 9.75. The van der Waals surface area contributed by atoms with Crippen LogP contribution in [0.1, 0.15) is 45.6 Å². The van der Waals surface area contributed by atoms with Crippen LogP contribution in [0, 0.1) is 5.92 Å². The number of aliphatic hydroxyl groups excluding tert-OH is 1. The number of hydrogen-bond donors (Lipinski definition) is 1. The number of ether oxygens (including phenoxy) is 3. The molecule has 5 atom stereocenters. The molecule has 1 aromatic rings. The number of rotatable bonds is 4. The Kier molecular flexibility index (Phi) is 4.59. The zero-order valence-corrected chi connectivity index (χ0v) is 16.4. The highest BCUT2D eigenvalue weighted by molar-refractivity contribution is 5.71. The maximum atomic E-state index is 12.0. The Morgan fingerprint density at radius 2 is 1.96 bits per heavy atom. The average molecular weight is 386 g/mol. The first-order valence-electron chi connectivity index (χ1n) is 9.74. The maximum Gasteiger partial charge on any atom is 0.332 e. The number of benzene rings is 1. The second-order valence-corrected chi connectivity index (χ2v) is 8.20. The number of aliphatic hydroxyl groups is 1. The zero-order valence-electron chi connectivity index (χ0n) is 16.4. The van der Waals surface area contributed by atoms with Crippen molar-refractivity contribution in [2.24, 2.45) is 5.92 Å². The molecule has 28 heavy (non-hydrogen) atoms. The molecule has 1 aliphatic carbocycles. The summed E-state index contributed by atoms with van der Waals surface area (Å²) in [6.07, 6.45) is 1.00. The van der Waals surface area contributed by atoms with Crippen LogP contribution < -0.4 is 0 Å². The fourth-order valence-electron chi connectivity index (χ4n) is 5.37. The molecule has 0 spiro atoms. The number of allylic oxidation sites excluding steroid dienone is 1. The third-order valence-corrected chi connectivity index (χ3v) is 6.55. The molecule has 3 aliphatic rings. The molecule has 0 radical (unpaired) electrons. The van der Waals surface area contributed by atoms with Crippen LogP contribution in [0.4, 0.5) is 0 Å². The Balaban J connectivity index is 1.89. The van der Waals surface area contributed by atoms with Gasteiger partial charge in [-0.1, -0.05) is 35.9 Å². The third-order valence-electron chi connectivity index (χ3n) is 6.55. The summed E-state index contributed by atoms with van der Waals surface area (Å²) >= 11 is 0. The molecule has 2 heterocycles. The molecule has 1 aromatic carbocycles. The summed E-state index contributed by atoms with van der Waals surface area (Å²) in [5, 5.41) is 9.21. The van der Waals surface area contributed by atoms with Gasteiger partial charge in [-0.3, -0.25) is 4.79 Å². The van der Waals surface area contributed by atoms with E-state index in [4.69, 9.17) is 14.2 Å². The van der Waals surface area contributed by atoms with Gasteiger partial charge in [0, 0.05) is 19.3 Å². The van der Waals surface area contributed by atoms with Crippen molar-refractivity contribution in [1.29, 1.82) is 0 Å². The Labute approximate surface area is 164 Å². The van der Waals surface area contributed by atoms with E-state index in [-0.39, 0.29) is 11.9 Å².